The average Bonchev–Trinajstić information content (AvgIpc) is 3.55. The van der Waals surface area contributed by atoms with Gasteiger partial charge in [0.25, 0.3) is 0 Å². The molecule has 2 saturated heterocycles. The molecule has 5 spiro atoms. The molecule has 12 nitrogen and oxygen atoms in total. The Hall–Kier alpha value is -1.98. The van der Waals surface area contributed by atoms with Crippen molar-refractivity contribution in [2.45, 2.75) is 184 Å². The van der Waals surface area contributed by atoms with E-state index in [4.69, 9.17) is 4.74 Å². The molecule has 5 aliphatic heterocycles. The topological polar surface area (TPSA) is 212 Å². The van der Waals surface area contributed by atoms with Crippen molar-refractivity contribution < 1.29 is 55.2 Å². The number of allylic oxidation sites excluding steroid dienone is 2. The molecule has 8 aliphatic carbocycles. The normalized spacial score (nSPS) is 50.1. The number of carbonyl (C=O) groups excluding carboxylic acids is 2. The summed E-state index contributed by atoms with van der Waals surface area (Å²) in [6, 6.07) is 5.36. The van der Waals surface area contributed by atoms with Crippen molar-refractivity contribution in [2.24, 2.45) is 73.9 Å². The van der Waals surface area contributed by atoms with Crippen LogP contribution in [0.1, 0.15) is 136 Å². The molecule has 0 radical (unpaired) electrons. The highest BCUT2D eigenvalue weighted by atomic mass is 33.1. The average molecular weight is 1020 g/mol. The number of ketones is 1. The zero-order valence-corrected chi connectivity index (χ0v) is 43.8. The summed E-state index contributed by atoms with van der Waals surface area (Å²) in [5.41, 5.74) is -9.10. The van der Waals surface area contributed by atoms with Crippen molar-refractivity contribution >= 4 is 39.0 Å². The molecule has 1 aromatic carbocycles. The van der Waals surface area contributed by atoms with Gasteiger partial charge in [0.05, 0.1) is 40.8 Å². The molecule has 5 heterocycles. The number of aliphatic hydroxyl groups excluding tert-OH is 5. The van der Waals surface area contributed by atoms with E-state index in [1.165, 1.54) is 21.6 Å². The minimum Gasteiger partial charge on any atom is -0.508 e. The summed E-state index contributed by atoms with van der Waals surface area (Å²) in [4.78, 5) is 33.8. The maximum absolute atomic E-state index is 16.1. The molecule has 1 aromatic rings. The number of nitrogens with zero attached hydrogens (tertiary/aromatic N) is 1. The molecule has 14 heteroatoms. The number of rotatable bonds is 4. The molecular formula is C57H79NO11S2. The molecule has 6 saturated carbocycles. The third-order valence-corrected chi connectivity index (χ3v) is 26.3. The van der Waals surface area contributed by atoms with Gasteiger partial charge in [-0.15, -0.1) is 0 Å². The Kier molecular flexibility index (Phi) is 11.8. The van der Waals surface area contributed by atoms with Crippen LogP contribution in [-0.2, 0) is 20.7 Å². The summed E-state index contributed by atoms with van der Waals surface area (Å²) in [5.74, 6) is -1.58. The van der Waals surface area contributed by atoms with Crippen molar-refractivity contribution in [2.75, 3.05) is 23.8 Å². The number of aromatic hydroxyl groups is 1. The second kappa shape index (κ2) is 16.8. The van der Waals surface area contributed by atoms with E-state index in [1.807, 2.05) is 6.07 Å². The van der Waals surface area contributed by atoms with Crippen molar-refractivity contribution in [3.63, 3.8) is 0 Å². The van der Waals surface area contributed by atoms with Crippen molar-refractivity contribution in [1.82, 2.24) is 0 Å². The lowest BCUT2D eigenvalue weighted by Crippen LogP contribution is -2.75. The number of hydrogen-bond donors (Lipinski definition) is 8. The van der Waals surface area contributed by atoms with Gasteiger partial charge in [0, 0.05) is 52.8 Å². The highest BCUT2D eigenvalue weighted by Crippen LogP contribution is 2.80. The Labute approximate surface area is 427 Å². The molecule has 390 valence electrons. The second-order valence-electron chi connectivity index (χ2n) is 25.8. The molecule has 8 fully saturated rings. The van der Waals surface area contributed by atoms with E-state index < -0.39 is 91.3 Å². The van der Waals surface area contributed by atoms with Crippen LogP contribution in [0.15, 0.2) is 42.0 Å². The molecule has 19 atom stereocenters. The third-order valence-electron chi connectivity index (χ3n) is 23.7. The van der Waals surface area contributed by atoms with E-state index in [-0.39, 0.29) is 60.9 Å². The molecule has 8 bridgehead atoms. The van der Waals surface area contributed by atoms with Crippen LogP contribution < -0.4 is 4.90 Å². The van der Waals surface area contributed by atoms with Gasteiger partial charge in [-0.3, -0.25) is 9.59 Å². The number of carbonyl (C=O) groups is 2. The van der Waals surface area contributed by atoms with Crippen LogP contribution in [0, 0.1) is 73.9 Å². The molecule has 14 rings (SSSR count). The highest BCUT2D eigenvalue weighted by molar-refractivity contribution is 8.76. The van der Waals surface area contributed by atoms with E-state index in [1.54, 1.807) is 23.1 Å². The molecule has 0 unspecified atom stereocenters. The van der Waals surface area contributed by atoms with Crippen molar-refractivity contribution in [1.29, 1.82) is 0 Å². The molecular weight excluding hydrogens is 939 g/mol. The number of aryl methyl sites for hydroxylation is 1. The Morgan fingerprint density at radius 2 is 1.66 bits per heavy atom. The van der Waals surface area contributed by atoms with Gasteiger partial charge in [-0.25, -0.2) is 0 Å². The van der Waals surface area contributed by atoms with E-state index in [9.17, 15) is 40.9 Å². The van der Waals surface area contributed by atoms with Gasteiger partial charge in [0.1, 0.15) is 22.9 Å². The van der Waals surface area contributed by atoms with Gasteiger partial charge in [0.2, 0.25) is 5.91 Å². The fraction of sp³-hybridized carbons (Fsp3) is 0.789. The van der Waals surface area contributed by atoms with Crippen molar-refractivity contribution in [3.05, 3.63) is 47.6 Å². The maximum Gasteiger partial charge on any atom is 0.234 e. The Balaban J connectivity index is 1.08. The number of amides is 1. The van der Waals surface area contributed by atoms with Crippen LogP contribution in [0.2, 0.25) is 0 Å². The van der Waals surface area contributed by atoms with Crippen LogP contribution in [0.5, 0.6) is 5.75 Å². The second-order valence-corrected chi connectivity index (χ2v) is 28.3. The Morgan fingerprint density at radius 1 is 0.901 bits per heavy atom. The number of phenolic OH excluding ortho intramolecular Hbond substituents is 1. The van der Waals surface area contributed by atoms with E-state index in [0.717, 1.165) is 31.2 Å². The summed E-state index contributed by atoms with van der Waals surface area (Å²) < 4.78 is 6.56. The van der Waals surface area contributed by atoms with E-state index in [2.05, 4.69) is 39.8 Å². The van der Waals surface area contributed by atoms with Crippen LogP contribution >= 0.6 is 21.6 Å². The van der Waals surface area contributed by atoms with Crippen LogP contribution in [0.4, 0.5) is 5.69 Å². The Morgan fingerprint density at radius 3 is 2.38 bits per heavy atom. The lowest BCUT2D eigenvalue weighted by Gasteiger charge is -2.72. The van der Waals surface area contributed by atoms with E-state index >= 15 is 9.59 Å². The summed E-state index contributed by atoms with van der Waals surface area (Å²) in [6.45, 7) is 8.63. The number of aliphatic hydroxyl groups is 7. The molecule has 8 N–H and O–H groups in total. The van der Waals surface area contributed by atoms with Crippen molar-refractivity contribution in [3.8, 4) is 5.75 Å². The minimum absolute atomic E-state index is 0.00336. The number of phenols is 1. The largest absolute Gasteiger partial charge is 0.508 e. The Bertz CT molecular complexity index is 2410. The van der Waals surface area contributed by atoms with Gasteiger partial charge in [0.15, 0.2) is 5.78 Å². The lowest BCUT2D eigenvalue weighted by molar-refractivity contribution is -0.262. The monoisotopic (exact) mass is 1020 g/mol. The first-order valence-corrected chi connectivity index (χ1v) is 30.0. The third kappa shape index (κ3) is 6.07. The molecule has 0 aromatic heterocycles. The van der Waals surface area contributed by atoms with Gasteiger partial charge < -0.3 is 50.5 Å². The number of benzene rings is 1. The molecule has 13 aliphatic rings. The van der Waals surface area contributed by atoms with Crippen LogP contribution in [-0.4, -0.2) is 119 Å². The number of ether oxygens (including phenoxy) is 1. The van der Waals surface area contributed by atoms with Gasteiger partial charge >= 0.3 is 0 Å². The maximum atomic E-state index is 16.1. The number of anilines is 1. The number of fused-ring (bicyclic) bond motifs is 1. The predicted molar refractivity (Wildman–Crippen MR) is 272 cm³/mol. The first kappa shape index (κ1) is 49.9. The van der Waals surface area contributed by atoms with Crippen LogP contribution in [0.25, 0.3) is 0 Å². The standard InChI is InChI=1S/C57H79NO11S2/c1-31(2)32(3)45-47(69-45)55(67)19-8-12-34-24-39-40-26-44(63)54(27-41(61)46(64)51(50(39,54)4)16-5-6-17-51)49(66)71-70-29-36-11-7-10-35(28-59)57(36)48(65)58(30-52(57)18-9-13-43(52)62)37-22-33(23-38(60)25-37)14-20-53(34)42(55)15-21-56(40,53)68/h8,12,22-23,25-26,31-32,34-36,39,41-43,45-47,49,59-62,64,66-68H,5-7,9-11,13-21,24,27-30H2,1-4H3/t32-,34-,35+,36+,39+,41-,42+,43-,45+,46-,47-,49+,50+,52-,53-,54+,55-,56-,57+/m1/s1. The fourth-order valence-electron chi connectivity index (χ4n) is 20.2. The predicted octanol–water partition coefficient (Wildman–Crippen LogP) is 7.01. The zero-order chi connectivity index (χ0) is 50.1. The summed E-state index contributed by atoms with van der Waals surface area (Å²) in [7, 11) is 2.64. The highest BCUT2D eigenvalue weighted by Gasteiger charge is 2.82. The molecule has 1 amide bonds. The first-order valence-electron chi connectivity index (χ1n) is 27.6. The fourth-order valence-corrected chi connectivity index (χ4v) is 23.3. The summed E-state index contributed by atoms with van der Waals surface area (Å²) >= 11 is 0. The first-order chi connectivity index (χ1) is 33.8. The minimum atomic E-state index is -1.61. The lowest BCUT2D eigenvalue weighted by atomic mass is 9.33. The smallest absolute Gasteiger partial charge is 0.234 e. The SMILES string of the molecule is CC(C)[C@@H](C)[C@@H]1O[C@H]1[C@@]1(O)CC=C[C@@H]2C[C@H]3C4=CC(=O)[C@@]5(C[C@@H](O)[C@@H](O)C6(CCCC6)[C@]35C)[C@@H](O)SSC[C@@H]3CCC[C@@H](CO)[C@@]35C(=O)N(C[C@@]53CCC[C@H]3O)c3cc(O)cc(c3)CC[C@]23[C@@H]1CC[C@@]43O. The zero-order valence-electron chi connectivity index (χ0n) is 42.2. The molecule has 71 heavy (non-hydrogen) atoms. The van der Waals surface area contributed by atoms with Crippen LogP contribution in [0.3, 0.4) is 0 Å². The van der Waals surface area contributed by atoms with Gasteiger partial charge in [-0.2, -0.15) is 0 Å². The quantitative estimate of drug-likeness (QED) is 0.0868. The number of epoxide rings is 1. The van der Waals surface area contributed by atoms with Gasteiger partial charge in [-0.1, -0.05) is 87.1 Å². The summed E-state index contributed by atoms with van der Waals surface area (Å²) in [6.07, 6.45) is 10.9. The number of hydrogen-bond acceptors (Lipinski definition) is 13. The van der Waals surface area contributed by atoms with E-state index in [0.29, 0.717) is 100.0 Å². The summed E-state index contributed by atoms with van der Waals surface area (Å²) in [5, 5.41) is 101. The van der Waals surface area contributed by atoms with Gasteiger partial charge in [-0.05, 0) is 154 Å².